The van der Waals surface area contributed by atoms with Crippen molar-refractivity contribution in [2.45, 2.75) is 6.92 Å². The van der Waals surface area contributed by atoms with Crippen molar-refractivity contribution in [2.75, 3.05) is 11.9 Å². The molecule has 0 radical (unpaired) electrons. The zero-order chi connectivity index (χ0) is 21.8. The molecule has 0 saturated heterocycles. The van der Waals surface area contributed by atoms with Gasteiger partial charge in [-0.25, -0.2) is 4.98 Å². The monoisotopic (exact) mass is 467 g/mol. The van der Waals surface area contributed by atoms with Crippen LogP contribution >= 0.6 is 35.2 Å². The topological polar surface area (TPSA) is 63.2 Å². The van der Waals surface area contributed by atoms with E-state index in [-0.39, 0.29) is 11.0 Å². The van der Waals surface area contributed by atoms with E-state index >= 15 is 0 Å². The number of aromatic nitrogens is 1. The molecule has 8 heteroatoms. The van der Waals surface area contributed by atoms with Gasteiger partial charge in [0.05, 0.1) is 21.8 Å². The number of anilines is 1. The third-order valence-corrected chi connectivity index (χ3v) is 5.99. The first kappa shape index (κ1) is 21.2. The second-order valence-corrected chi connectivity index (χ2v) is 8.40. The Bertz CT molecular complexity index is 1220. The number of benzene rings is 3. The van der Waals surface area contributed by atoms with Gasteiger partial charge in [0.2, 0.25) is 0 Å². The average Bonchev–Trinajstić information content (AvgIpc) is 3.20. The second kappa shape index (κ2) is 9.43. The van der Waals surface area contributed by atoms with Crippen molar-refractivity contribution in [3.8, 4) is 16.3 Å². The fourth-order valence-corrected chi connectivity index (χ4v) is 4.36. The first-order chi connectivity index (χ1) is 15.0. The molecular weight excluding hydrogens is 450 g/mol. The van der Waals surface area contributed by atoms with Crippen molar-refractivity contribution in [3.63, 3.8) is 0 Å². The van der Waals surface area contributed by atoms with Gasteiger partial charge in [-0.1, -0.05) is 23.7 Å². The summed E-state index contributed by atoms with van der Waals surface area (Å²) in [5.74, 6) is 0.183. The molecule has 4 aromatic rings. The van der Waals surface area contributed by atoms with Gasteiger partial charge in [0.1, 0.15) is 10.8 Å². The summed E-state index contributed by atoms with van der Waals surface area (Å²) in [6, 6.07) is 20.6. The largest absolute Gasteiger partial charge is 0.492 e. The highest BCUT2D eigenvalue weighted by atomic mass is 35.5. The summed E-state index contributed by atoms with van der Waals surface area (Å²) in [6.45, 7) is 2.36. The number of para-hydroxylation sites is 1. The summed E-state index contributed by atoms with van der Waals surface area (Å²) in [6.07, 6.45) is 0. The number of thiazole rings is 1. The Morgan fingerprint density at radius 2 is 1.90 bits per heavy atom. The van der Waals surface area contributed by atoms with Gasteiger partial charge in [-0.15, -0.1) is 11.3 Å². The third-order valence-electron chi connectivity index (χ3n) is 4.40. The van der Waals surface area contributed by atoms with Gasteiger partial charge in [-0.2, -0.15) is 0 Å². The number of ether oxygens (including phenoxy) is 1. The Kier molecular flexibility index (Phi) is 6.46. The Morgan fingerprint density at radius 3 is 2.61 bits per heavy atom. The molecule has 0 aliphatic heterocycles. The van der Waals surface area contributed by atoms with Crippen molar-refractivity contribution in [1.29, 1.82) is 0 Å². The standard InChI is InChI=1S/C23H18ClN3O2S2/c1-2-29-19-12-9-15(13-17(19)24)21(28)27-23(30)25-16-10-7-14(8-11-16)22-26-18-5-3-4-6-20(18)31-22/h3-13H,2H2,1H3,(H2,25,27,28,30). The number of nitrogens with one attached hydrogen (secondary N) is 2. The summed E-state index contributed by atoms with van der Waals surface area (Å²) in [5.41, 5.74) is 3.16. The lowest BCUT2D eigenvalue weighted by molar-refractivity contribution is 0.0977. The van der Waals surface area contributed by atoms with Crippen molar-refractivity contribution >= 4 is 62.1 Å². The molecule has 5 nitrogen and oxygen atoms in total. The molecule has 0 aliphatic carbocycles. The minimum Gasteiger partial charge on any atom is -0.492 e. The molecule has 1 heterocycles. The number of rotatable bonds is 5. The Balaban J connectivity index is 1.39. The summed E-state index contributed by atoms with van der Waals surface area (Å²) >= 11 is 13.1. The second-order valence-electron chi connectivity index (χ2n) is 6.55. The summed E-state index contributed by atoms with van der Waals surface area (Å²) in [7, 11) is 0. The number of thiocarbonyl (C=S) groups is 1. The van der Waals surface area contributed by atoms with Gasteiger partial charge in [0.25, 0.3) is 5.91 Å². The first-order valence-electron chi connectivity index (χ1n) is 9.54. The van der Waals surface area contributed by atoms with Gasteiger partial charge in [-0.3, -0.25) is 10.1 Å². The maximum absolute atomic E-state index is 12.4. The minimum atomic E-state index is -0.353. The number of carbonyl (C=O) groups excluding carboxylic acids is 1. The fourth-order valence-electron chi connectivity index (χ4n) is 2.94. The number of carbonyl (C=O) groups is 1. The van der Waals surface area contributed by atoms with Gasteiger partial charge >= 0.3 is 0 Å². The highest BCUT2D eigenvalue weighted by Crippen LogP contribution is 2.30. The van der Waals surface area contributed by atoms with Crippen LogP contribution in [0.25, 0.3) is 20.8 Å². The van der Waals surface area contributed by atoms with Crippen LogP contribution in [-0.4, -0.2) is 22.6 Å². The van der Waals surface area contributed by atoms with Crippen molar-refractivity contribution in [1.82, 2.24) is 10.3 Å². The van der Waals surface area contributed by atoms with Gasteiger partial charge in [0.15, 0.2) is 5.11 Å². The van der Waals surface area contributed by atoms with E-state index in [0.717, 1.165) is 26.5 Å². The zero-order valence-electron chi connectivity index (χ0n) is 16.5. The van der Waals surface area contributed by atoms with E-state index in [1.165, 1.54) is 0 Å². The number of nitrogens with zero attached hydrogens (tertiary/aromatic N) is 1. The Hall–Kier alpha value is -3.00. The van der Waals surface area contributed by atoms with E-state index in [2.05, 4.69) is 21.7 Å². The minimum absolute atomic E-state index is 0.197. The number of fused-ring (bicyclic) bond motifs is 1. The normalized spacial score (nSPS) is 10.6. The van der Waals surface area contributed by atoms with Crippen LogP contribution in [0.15, 0.2) is 66.7 Å². The molecule has 31 heavy (non-hydrogen) atoms. The van der Waals surface area contributed by atoms with Crippen LogP contribution < -0.4 is 15.4 Å². The summed E-state index contributed by atoms with van der Waals surface area (Å²) < 4.78 is 6.54. The van der Waals surface area contributed by atoms with Gasteiger partial charge in [0, 0.05) is 16.8 Å². The van der Waals surface area contributed by atoms with Crippen LogP contribution in [0.3, 0.4) is 0 Å². The molecule has 0 saturated carbocycles. The van der Waals surface area contributed by atoms with Crippen LogP contribution in [-0.2, 0) is 0 Å². The SMILES string of the molecule is CCOc1ccc(C(=O)NC(=S)Nc2ccc(-c3nc4ccccc4s3)cc2)cc1Cl. The highest BCUT2D eigenvalue weighted by Gasteiger charge is 2.12. The Morgan fingerprint density at radius 1 is 1.13 bits per heavy atom. The van der Waals surface area contributed by atoms with Crippen molar-refractivity contribution < 1.29 is 9.53 Å². The molecule has 0 unspecified atom stereocenters. The molecule has 4 rings (SSSR count). The quantitative estimate of drug-likeness (QED) is 0.345. The lowest BCUT2D eigenvalue weighted by Crippen LogP contribution is -2.34. The average molecular weight is 468 g/mol. The predicted octanol–water partition coefficient (Wildman–Crippen LogP) is 6.14. The van der Waals surface area contributed by atoms with E-state index in [1.54, 1.807) is 29.5 Å². The molecular formula is C23H18ClN3O2S2. The number of hydrogen-bond donors (Lipinski definition) is 2. The smallest absolute Gasteiger partial charge is 0.257 e. The highest BCUT2D eigenvalue weighted by molar-refractivity contribution is 7.80. The van der Waals surface area contributed by atoms with Crippen LogP contribution in [0.2, 0.25) is 5.02 Å². The van der Waals surface area contributed by atoms with Crippen molar-refractivity contribution in [2.24, 2.45) is 0 Å². The lowest BCUT2D eigenvalue weighted by atomic mass is 10.2. The molecule has 1 aromatic heterocycles. The first-order valence-corrected chi connectivity index (χ1v) is 11.1. The molecule has 1 amide bonds. The van der Waals surface area contributed by atoms with Gasteiger partial charge in [-0.05, 0) is 73.7 Å². The van der Waals surface area contributed by atoms with Crippen LogP contribution in [0.1, 0.15) is 17.3 Å². The lowest BCUT2D eigenvalue weighted by Gasteiger charge is -2.11. The molecule has 0 spiro atoms. The maximum atomic E-state index is 12.4. The van der Waals surface area contributed by atoms with Crippen LogP contribution in [0.5, 0.6) is 5.75 Å². The maximum Gasteiger partial charge on any atom is 0.257 e. The van der Waals surface area contributed by atoms with E-state index in [1.807, 2.05) is 49.4 Å². The predicted molar refractivity (Wildman–Crippen MR) is 131 cm³/mol. The zero-order valence-corrected chi connectivity index (χ0v) is 18.9. The molecule has 156 valence electrons. The molecule has 0 bridgehead atoms. The van der Waals surface area contributed by atoms with Crippen molar-refractivity contribution in [3.05, 3.63) is 77.3 Å². The fraction of sp³-hybridized carbons (Fsp3) is 0.0870. The Labute approximate surface area is 194 Å². The third kappa shape index (κ3) is 5.02. The van der Waals surface area contributed by atoms with E-state index < -0.39 is 0 Å². The van der Waals surface area contributed by atoms with Gasteiger partial charge < -0.3 is 10.1 Å². The number of amides is 1. The van der Waals surface area contributed by atoms with E-state index in [0.29, 0.717) is 22.9 Å². The van der Waals surface area contributed by atoms with Crippen LogP contribution in [0.4, 0.5) is 5.69 Å². The number of hydrogen-bond acceptors (Lipinski definition) is 5. The number of halogens is 1. The molecule has 3 aromatic carbocycles. The molecule has 0 aliphatic rings. The summed E-state index contributed by atoms with van der Waals surface area (Å²) in [5, 5.41) is 7.20. The van der Waals surface area contributed by atoms with E-state index in [4.69, 9.17) is 28.6 Å². The molecule has 0 fully saturated rings. The van der Waals surface area contributed by atoms with Crippen LogP contribution in [0, 0.1) is 0 Å². The molecule has 2 N–H and O–H groups in total. The van der Waals surface area contributed by atoms with E-state index in [9.17, 15) is 4.79 Å². The molecule has 0 atom stereocenters. The summed E-state index contributed by atoms with van der Waals surface area (Å²) in [4.78, 5) is 17.1.